The van der Waals surface area contributed by atoms with Crippen LogP contribution in [0.3, 0.4) is 0 Å². The summed E-state index contributed by atoms with van der Waals surface area (Å²) in [6, 6.07) is 1.97. The van der Waals surface area contributed by atoms with Crippen LogP contribution in [0.4, 0.5) is 0 Å². The maximum Gasteiger partial charge on any atom is 0.254 e. The Morgan fingerprint density at radius 1 is 1.55 bits per heavy atom. The molecule has 1 heterocycles. The van der Waals surface area contributed by atoms with Crippen LogP contribution in [-0.4, -0.2) is 42.3 Å². The molecule has 0 atom stereocenters. The quantitative estimate of drug-likeness (QED) is 0.844. The summed E-state index contributed by atoms with van der Waals surface area (Å²) in [5.41, 5.74) is 0.112. The fraction of sp³-hybridized carbons (Fsp3) is 0.533. The van der Waals surface area contributed by atoms with Gasteiger partial charge in [-0.2, -0.15) is 0 Å². The van der Waals surface area contributed by atoms with Crippen molar-refractivity contribution in [2.24, 2.45) is 0 Å². The normalized spacial score (nSPS) is 10.8. The second kappa shape index (κ2) is 7.44. The van der Waals surface area contributed by atoms with E-state index in [-0.39, 0.29) is 12.5 Å². The molecule has 0 radical (unpaired) electrons. The average Bonchev–Trinajstić information content (AvgIpc) is 2.85. The van der Waals surface area contributed by atoms with Crippen LogP contribution in [0, 0.1) is 11.8 Å². The van der Waals surface area contributed by atoms with Crippen molar-refractivity contribution >= 4 is 17.2 Å². The van der Waals surface area contributed by atoms with E-state index in [2.05, 4.69) is 11.8 Å². The number of carbonyl (C=O) groups excluding carboxylic acids is 1. The molecule has 0 spiro atoms. The SMILES string of the molecule is COC(C)(C)C(=O)N(C)Cc1cc(C#CCCO)cs1. The third-order valence-corrected chi connectivity index (χ3v) is 3.81. The van der Waals surface area contributed by atoms with Gasteiger partial charge in [-0.25, -0.2) is 0 Å². The van der Waals surface area contributed by atoms with Crippen LogP contribution in [0.5, 0.6) is 0 Å². The van der Waals surface area contributed by atoms with Crippen molar-refractivity contribution in [2.75, 3.05) is 20.8 Å². The number of rotatable bonds is 5. The third-order valence-electron chi connectivity index (χ3n) is 2.89. The fourth-order valence-corrected chi connectivity index (χ4v) is 2.47. The van der Waals surface area contributed by atoms with E-state index in [0.29, 0.717) is 13.0 Å². The van der Waals surface area contributed by atoms with Gasteiger partial charge in [-0.15, -0.1) is 11.3 Å². The Morgan fingerprint density at radius 2 is 2.25 bits per heavy atom. The van der Waals surface area contributed by atoms with Gasteiger partial charge < -0.3 is 14.7 Å². The molecule has 0 aliphatic heterocycles. The van der Waals surface area contributed by atoms with Crippen LogP contribution in [0.2, 0.25) is 0 Å². The van der Waals surface area contributed by atoms with Gasteiger partial charge in [0.25, 0.3) is 5.91 Å². The van der Waals surface area contributed by atoms with E-state index < -0.39 is 5.60 Å². The van der Waals surface area contributed by atoms with E-state index in [1.807, 2.05) is 11.4 Å². The molecule has 1 N–H and O–H groups in total. The van der Waals surface area contributed by atoms with Crippen molar-refractivity contribution in [3.63, 3.8) is 0 Å². The summed E-state index contributed by atoms with van der Waals surface area (Å²) in [7, 11) is 3.30. The van der Waals surface area contributed by atoms with E-state index in [1.165, 1.54) is 7.11 Å². The molecule has 0 saturated carbocycles. The molecule has 0 aliphatic carbocycles. The Balaban J connectivity index is 2.66. The summed E-state index contributed by atoms with van der Waals surface area (Å²) in [5.74, 6) is 5.81. The zero-order valence-electron chi connectivity index (χ0n) is 12.4. The highest BCUT2D eigenvalue weighted by molar-refractivity contribution is 7.10. The minimum absolute atomic E-state index is 0.0543. The lowest BCUT2D eigenvalue weighted by Gasteiger charge is -2.27. The summed E-state index contributed by atoms with van der Waals surface area (Å²) >= 11 is 1.57. The van der Waals surface area contributed by atoms with Crippen molar-refractivity contribution < 1.29 is 14.6 Å². The first kappa shape index (κ1) is 16.7. The van der Waals surface area contributed by atoms with Gasteiger partial charge in [0.2, 0.25) is 0 Å². The molecule has 0 aliphatic rings. The van der Waals surface area contributed by atoms with E-state index in [1.54, 1.807) is 37.1 Å². The molecule has 0 saturated heterocycles. The van der Waals surface area contributed by atoms with Gasteiger partial charge in [-0.05, 0) is 19.9 Å². The Kier molecular flexibility index (Phi) is 6.21. The van der Waals surface area contributed by atoms with Crippen molar-refractivity contribution in [3.05, 3.63) is 21.9 Å². The van der Waals surface area contributed by atoms with Crippen molar-refractivity contribution in [1.82, 2.24) is 4.90 Å². The number of hydrogen-bond donors (Lipinski definition) is 1. The number of methoxy groups -OCH3 is 1. The number of likely N-dealkylation sites (N-methyl/N-ethyl adjacent to an activating group) is 1. The monoisotopic (exact) mass is 295 g/mol. The molecule has 0 unspecified atom stereocenters. The molecule has 0 bridgehead atoms. The van der Waals surface area contributed by atoms with E-state index in [0.717, 1.165) is 10.4 Å². The molecule has 20 heavy (non-hydrogen) atoms. The predicted octanol–water partition coefficient (Wildman–Crippen LogP) is 1.87. The fourth-order valence-electron chi connectivity index (χ4n) is 1.60. The Morgan fingerprint density at radius 3 is 2.85 bits per heavy atom. The largest absolute Gasteiger partial charge is 0.395 e. The van der Waals surface area contributed by atoms with Gasteiger partial charge in [0, 0.05) is 36.4 Å². The van der Waals surface area contributed by atoms with Crippen LogP contribution in [0.25, 0.3) is 0 Å². The highest BCUT2D eigenvalue weighted by Gasteiger charge is 2.30. The van der Waals surface area contributed by atoms with Crippen molar-refractivity contribution in [3.8, 4) is 11.8 Å². The zero-order valence-corrected chi connectivity index (χ0v) is 13.2. The number of hydrogen-bond acceptors (Lipinski definition) is 4. The number of nitrogens with zero attached hydrogens (tertiary/aromatic N) is 1. The molecule has 0 fully saturated rings. The second-order valence-electron chi connectivity index (χ2n) is 4.95. The molecule has 1 aromatic heterocycles. The first-order valence-corrected chi connectivity index (χ1v) is 7.26. The number of thiophene rings is 1. The Labute approximate surface area is 124 Å². The molecule has 5 heteroatoms. The maximum atomic E-state index is 12.2. The van der Waals surface area contributed by atoms with Crippen molar-refractivity contribution in [1.29, 1.82) is 0 Å². The second-order valence-corrected chi connectivity index (χ2v) is 5.95. The number of aliphatic hydroxyl groups excluding tert-OH is 1. The minimum Gasteiger partial charge on any atom is -0.395 e. The Hall–Kier alpha value is -1.35. The van der Waals surface area contributed by atoms with Gasteiger partial charge in [0.15, 0.2) is 0 Å². The van der Waals surface area contributed by atoms with Crippen LogP contribution >= 0.6 is 11.3 Å². The van der Waals surface area contributed by atoms with Gasteiger partial charge in [0.05, 0.1) is 13.2 Å². The average molecular weight is 295 g/mol. The highest BCUT2D eigenvalue weighted by atomic mass is 32.1. The van der Waals surface area contributed by atoms with Crippen LogP contribution in [0.15, 0.2) is 11.4 Å². The summed E-state index contributed by atoms with van der Waals surface area (Å²) in [6.07, 6.45) is 0.478. The first-order chi connectivity index (χ1) is 9.40. The summed E-state index contributed by atoms with van der Waals surface area (Å²) in [5, 5.41) is 10.6. The number of amides is 1. The van der Waals surface area contributed by atoms with Gasteiger partial charge in [-0.3, -0.25) is 4.79 Å². The van der Waals surface area contributed by atoms with E-state index in [9.17, 15) is 4.79 Å². The number of carbonyl (C=O) groups is 1. The van der Waals surface area contributed by atoms with E-state index in [4.69, 9.17) is 9.84 Å². The number of ether oxygens (including phenoxy) is 1. The maximum absolute atomic E-state index is 12.2. The van der Waals surface area contributed by atoms with Gasteiger partial charge in [-0.1, -0.05) is 11.8 Å². The number of aliphatic hydroxyl groups is 1. The smallest absolute Gasteiger partial charge is 0.254 e. The topological polar surface area (TPSA) is 49.8 Å². The lowest BCUT2D eigenvalue weighted by molar-refractivity contribution is -0.150. The Bertz CT molecular complexity index is 511. The third kappa shape index (κ3) is 4.64. The molecule has 1 amide bonds. The molecular formula is C15H21NO3S. The van der Waals surface area contributed by atoms with Gasteiger partial charge in [0.1, 0.15) is 5.60 Å². The first-order valence-electron chi connectivity index (χ1n) is 6.38. The molecular weight excluding hydrogens is 274 g/mol. The van der Waals surface area contributed by atoms with Gasteiger partial charge >= 0.3 is 0 Å². The lowest BCUT2D eigenvalue weighted by Crippen LogP contribution is -2.44. The van der Waals surface area contributed by atoms with Crippen LogP contribution in [-0.2, 0) is 16.1 Å². The van der Waals surface area contributed by atoms with E-state index >= 15 is 0 Å². The van der Waals surface area contributed by atoms with Crippen molar-refractivity contribution in [2.45, 2.75) is 32.4 Å². The predicted molar refractivity (Wildman–Crippen MR) is 80.5 cm³/mol. The van der Waals surface area contributed by atoms with Crippen LogP contribution in [0.1, 0.15) is 30.7 Å². The molecule has 4 nitrogen and oxygen atoms in total. The molecule has 1 aromatic rings. The lowest BCUT2D eigenvalue weighted by atomic mass is 10.1. The minimum atomic E-state index is -0.810. The summed E-state index contributed by atoms with van der Waals surface area (Å²) in [6.45, 7) is 4.13. The molecule has 110 valence electrons. The summed E-state index contributed by atoms with van der Waals surface area (Å²) < 4.78 is 5.20. The molecule has 1 rings (SSSR count). The standard InChI is InChI=1S/C15H21NO3S/c1-15(2,19-4)14(18)16(3)10-13-9-12(11-20-13)7-5-6-8-17/h9,11,17H,6,8,10H2,1-4H3. The highest BCUT2D eigenvalue weighted by Crippen LogP contribution is 2.18. The summed E-state index contributed by atoms with van der Waals surface area (Å²) in [4.78, 5) is 14.9. The zero-order chi connectivity index (χ0) is 15.2. The molecule has 0 aromatic carbocycles. The van der Waals surface area contributed by atoms with Crippen LogP contribution < -0.4 is 0 Å².